The van der Waals surface area contributed by atoms with Crippen molar-refractivity contribution in [3.63, 3.8) is 0 Å². The second kappa shape index (κ2) is 11.5. The number of ether oxygens (including phenoxy) is 1. The van der Waals surface area contributed by atoms with E-state index in [1.165, 1.54) is 4.90 Å². The number of thiazole rings is 1. The van der Waals surface area contributed by atoms with Crippen LogP contribution in [0.1, 0.15) is 16.1 Å². The number of benzene rings is 2. The van der Waals surface area contributed by atoms with Crippen molar-refractivity contribution in [1.29, 1.82) is 0 Å². The Morgan fingerprint density at radius 1 is 1.17 bits per heavy atom. The van der Waals surface area contributed by atoms with Crippen LogP contribution in [0.4, 0.5) is 5.13 Å². The molecular formula is C25H28ClN5O2S2. The molecule has 5 rings (SSSR count). The number of amides is 1. The van der Waals surface area contributed by atoms with E-state index in [4.69, 9.17) is 9.72 Å². The van der Waals surface area contributed by atoms with E-state index in [-0.39, 0.29) is 18.3 Å². The van der Waals surface area contributed by atoms with Gasteiger partial charge in [-0.05, 0) is 43.5 Å². The maximum atomic E-state index is 13.9. The molecule has 0 unspecified atom stereocenters. The summed E-state index contributed by atoms with van der Waals surface area (Å²) in [6.07, 6.45) is 3.74. The number of aromatic nitrogens is 3. The molecule has 1 fully saturated rings. The van der Waals surface area contributed by atoms with Gasteiger partial charge in [-0.15, -0.1) is 24.2 Å². The predicted octanol–water partition coefficient (Wildman–Crippen LogP) is 4.91. The number of morpholine rings is 1. The number of thioether (sulfide) groups is 1. The summed E-state index contributed by atoms with van der Waals surface area (Å²) in [4.78, 5) is 24.1. The zero-order chi connectivity index (χ0) is 23.5. The minimum absolute atomic E-state index is 0. The van der Waals surface area contributed by atoms with E-state index in [1.807, 2.05) is 52.9 Å². The van der Waals surface area contributed by atoms with Gasteiger partial charge in [-0.3, -0.25) is 14.6 Å². The number of carbonyl (C=O) groups excluding carboxylic acids is 1. The third kappa shape index (κ3) is 5.54. The lowest BCUT2D eigenvalue weighted by molar-refractivity contribution is 0.0391. The molecule has 0 radical (unpaired) electrons. The van der Waals surface area contributed by atoms with Crippen LogP contribution in [-0.4, -0.2) is 71.2 Å². The Balaban J connectivity index is 0.00000289. The average Bonchev–Trinajstić information content (AvgIpc) is 3.48. The second-order valence-electron chi connectivity index (χ2n) is 8.13. The molecular weight excluding hydrogens is 502 g/mol. The summed E-state index contributed by atoms with van der Waals surface area (Å²) in [6.45, 7) is 6.49. The van der Waals surface area contributed by atoms with E-state index < -0.39 is 0 Å². The number of fused-ring (bicyclic) bond motifs is 1. The van der Waals surface area contributed by atoms with Crippen LogP contribution in [0.3, 0.4) is 0 Å². The van der Waals surface area contributed by atoms with Gasteiger partial charge in [0.05, 0.1) is 46.6 Å². The van der Waals surface area contributed by atoms with Gasteiger partial charge in [-0.2, -0.15) is 5.10 Å². The van der Waals surface area contributed by atoms with Crippen molar-refractivity contribution >= 4 is 56.8 Å². The molecule has 0 saturated carbocycles. The van der Waals surface area contributed by atoms with Gasteiger partial charge in [0.2, 0.25) is 0 Å². The Morgan fingerprint density at radius 3 is 2.69 bits per heavy atom. The van der Waals surface area contributed by atoms with Crippen molar-refractivity contribution in [2.75, 3.05) is 50.5 Å². The maximum absolute atomic E-state index is 13.9. The van der Waals surface area contributed by atoms with Gasteiger partial charge in [0.1, 0.15) is 0 Å². The molecule has 7 nitrogen and oxygen atoms in total. The number of hydrogen-bond acceptors (Lipinski definition) is 7. The van der Waals surface area contributed by atoms with Crippen molar-refractivity contribution in [3.8, 4) is 5.69 Å². The first-order chi connectivity index (χ1) is 16.6. The highest BCUT2D eigenvalue weighted by Gasteiger charge is 2.26. The summed E-state index contributed by atoms with van der Waals surface area (Å²) in [6, 6.07) is 16.1. The van der Waals surface area contributed by atoms with Crippen molar-refractivity contribution < 1.29 is 9.53 Å². The fraction of sp³-hybridized carbons (Fsp3) is 0.320. The molecule has 1 amide bonds. The Morgan fingerprint density at radius 2 is 1.94 bits per heavy atom. The lowest BCUT2D eigenvalue weighted by Gasteiger charge is -2.29. The standard InChI is InChI=1S/C25H27N5O2S2.ClH/c1-18-21(17-26-30(18)19-6-4-3-5-7-19)24(31)29(11-10-28-12-14-32-15-13-28)25-27-22-9-8-20(33-2)16-23(22)34-25;/h3-9,16-17H,10-15H2,1-2H3;1H. The summed E-state index contributed by atoms with van der Waals surface area (Å²) in [5, 5.41) is 5.24. The monoisotopic (exact) mass is 529 g/mol. The van der Waals surface area contributed by atoms with Crippen LogP contribution < -0.4 is 4.90 Å². The van der Waals surface area contributed by atoms with E-state index in [0.717, 1.165) is 59.6 Å². The molecule has 0 N–H and O–H groups in total. The fourth-order valence-electron chi connectivity index (χ4n) is 4.08. The number of hydrogen-bond donors (Lipinski definition) is 0. The van der Waals surface area contributed by atoms with Crippen molar-refractivity contribution in [2.24, 2.45) is 0 Å². The lowest BCUT2D eigenvalue weighted by Crippen LogP contribution is -2.43. The van der Waals surface area contributed by atoms with Crippen LogP contribution in [0.15, 0.2) is 59.6 Å². The van der Waals surface area contributed by atoms with Crippen LogP contribution in [0.25, 0.3) is 15.9 Å². The molecule has 2 aromatic heterocycles. The van der Waals surface area contributed by atoms with Crippen LogP contribution in [-0.2, 0) is 4.74 Å². The minimum atomic E-state index is -0.0721. The first kappa shape index (κ1) is 25.7. The Hall–Kier alpha value is -2.43. The molecule has 3 heterocycles. The smallest absolute Gasteiger partial charge is 0.263 e. The molecule has 1 saturated heterocycles. The van der Waals surface area contributed by atoms with Crippen molar-refractivity contribution in [3.05, 3.63) is 66.0 Å². The highest BCUT2D eigenvalue weighted by molar-refractivity contribution is 7.98. The summed E-state index contributed by atoms with van der Waals surface area (Å²) in [7, 11) is 0. The Kier molecular flexibility index (Phi) is 8.46. The van der Waals surface area contributed by atoms with Crippen LogP contribution in [0.2, 0.25) is 0 Å². The van der Waals surface area contributed by atoms with E-state index in [1.54, 1.807) is 29.3 Å². The molecule has 1 aliphatic rings. The quantitative estimate of drug-likeness (QED) is 0.317. The summed E-state index contributed by atoms with van der Waals surface area (Å²) >= 11 is 3.27. The molecule has 35 heavy (non-hydrogen) atoms. The number of rotatable bonds is 7. The van der Waals surface area contributed by atoms with Crippen LogP contribution >= 0.6 is 35.5 Å². The molecule has 4 aromatic rings. The van der Waals surface area contributed by atoms with Crippen LogP contribution in [0, 0.1) is 6.92 Å². The van der Waals surface area contributed by atoms with Crippen LogP contribution in [0.5, 0.6) is 0 Å². The zero-order valence-corrected chi connectivity index (χ0v) is 22.2. The zero-order valence-electron chi connectivity index (χ0n) is 19.7. The molecule has 0 spiro atoms. The lowest BCUT2D eigenvalue weighted by atomic mass is 10.2. The van der Waals surface area contributed by atoms with E-state index in [9.17, 15) is 4.79 Å². The first-order valence-corrected chi connectivity index (χ1v) is 13.3. The summed E-state index contributed by atoms with van der Waals surface area (Å²) < 4.78 is 8.39. The van der Waals surface area contributed by atoms with Gasteiger partial charge in [0.15, 0.2) is 5.13 Å². The maximum Gasteiger partial charge on any atom is 0.263 e. The third-order valence-corrected chi connectivity index (χ3v) is 7.81. The second-order valence-corrected chi connectivity index (χ2v) is 10.0. The Labute approximate surface area is 219 Å². The number of para-hydroxylation sites is 1. The van der Waals surface area contributed by atoms with Gasteiger partial charge in [-0.1, -0.05) is 29.5 Å². The number of nitrogens with zero attached hydrogens (tertiary/aromatic N) is 5. The minimum Gasteiger partial charge on any atom is -0.379 e. The molecule has 1 aliphatic heterocycles. The van der Waals surface area contributed by atoms with E-state index in [2.05, 4.69) is 28.4 Å². The van der Waals surface area contributed by atoms with Crippen molar-refractivity contribution in [1.82, 2.24) is 19.7 Å². The molecule has 0 aliphatic carbocycles. The van der Waals surface area contributed by atoms with Gasteiger partial charge in [0.25, 0.3) is 5.91 Å². The number of anilines is 1. The van der Waals surface area contributed by atoms with E-state index >= 15 is 0 Å². The predicted molar refractivity (Wildman–Crippen MR) is 146 cm³/mol. The number of halogens is 1. The molecule has 10 heteroatoms. The highest BCUT2D eigenvalue weighted by atomic mass is 35.5. The van der Waals surface area contributed by atoms with Gasteiger partial charge >= 0.3 is 0 Å². The molecule has 0 atom stereocenters. The molecule has 0 bridgehead atoms. The highest BCUT2D eigenvalue weighted by Crippen LogP contribution is 2.32. The SMILES string of the molecule is CSc1ccc2nc(N(CCN3CCOCC3)C(=O)c3cnn(-c4ccccc4)c3C)sc2c1.Cl. The number of carbonyl (C=O) groups is 1. The van der Waals surface area contributed by atoms with E-state index in [0.29, 0.717) is 12.1 Å². The normalized spacial score (nSPS) is 14.1. The fourth-order valence-corrected chi connectivity index (χ4v) is 5.62. The van der Waals surface area contributed by atoms with Gasteiger partial charge < -0.3 is 4.74 Å². The molecule has 2 aromatic carbocycles. The third-order valence-electron chi connectivity index (χ3n) is 6.04. The summed E-state index contributed by atoms with van der Waals surface area (Å²) in [5.41, 5.74) is 3.26. The largest absolute Gasteiger partial charge is 0.379 e. The topological polar surface area (TPSA) is 63.5 Å². The first-order valence-electron chi connectivity index (χ1n) is 11.3. The van der Waals surface area contributed by atoms with Gasteiger partial charge in [0, 0.05) is 31.1 Å². The molecule has 184 valence electrons. The van der Waals surface area contributed by atoms with Crippen molar-refractivity contribution in [2.45, 2.75) is 11.8 Å². The van der Waals surface area contributed by atoms with Gasteiger partial charge in [-0.25, -0.2) is 9.67 Å². The average molecular weight is 530 g/mol. The summed E-state index contributed by atoms with van der Waals surface area (Å²) in [5.74, 6) is -0.0721. The Bertz CT molecular complexity index is 1290.